The number of aliphatic hydroxyl groups excluding tert-OH is 1. The van der Waals surface area contributed by atoms with Gasteiger partial charge in [-0.1, -0.05) is 17.4 Å². The molecular weight excluding hydrogens is 298 g/mol. The normalized spacial score (nSPS) is 18.5. The first kappa shape index (κ1) is 15.4. The van der Waals surface area contributed by atoms with E-state index in [0.717, 1.165) is 37.3 Å². The molecule has 1 fully saturated rings. The summed E-state index contributed by atoms with van der Waals surface area (Å²) in [5.74, 6) is 0.380. The second-order valence-electron chi connectivity index (χ2n) is 5.87. The Kier molecular flexibility index (Phi) is 4.71. The monoisotopic (exact) mass is 319 g/mol. The number of aromatic nitrogens is 2. The zero-order valence-corrected chi connectivity index (χ0v) is 13.5. The molecular formula is C16H21N3O2S. The van der Waals surface area contributed by atoms with Crippen molar-refractivity contribution in [2.75, 3.05) is 13.1 Å². The van der Waals surface area contributed by atoms with Gasteiger partial charge in [0.25, 0.3) is 0 Å². The fraction of sp³-hybridized carbons (Fsp3) is 0.500. The zero-order chi connectivity index (χ0) is 15.5. The van der Waals surface area contributed by atoms with Gasteiger partial charge in [-0.05, 0) is 37.8 Å². The van der Waals surface area contributed by atoms with Crippen LogP contribution in [0.5, 0.6) is 0 Å². The van der Waals surface area contributed by atoms with Crippen LogP contribution in [0.4, 0.5) is 0 Å². The summed E-state index contributed by atoms with van der Waals surface area (Å²) in [6.07, 6.45) is 3.47. The molecule has 0 radical (unpaired) electrons. The maximum atomic E-state index is 12.1. The lowest BCUT2D eigenvalue weighted by Gasteiger charge is -2.33. The van der Waals surface area contributed by atoms with E-state index in [0.29, 0.717) is 12.6 Å². The van der Waals surface area contributed by atoms with E-state index in [1.807, 2.05) is 30.5 Å². The fourth-order valence-corrected chi connectivity index (χ4v) is 3.70. The summed E-state index contributed by atoms with van der Waals surface area (Å²) in [6, 6.07) is 5.74. The van der Waals surface area contributed by atoms with Gasteiger partial charge >= 0.3 is 4.87 Å². The van der Waals surface area contributed by atoms with E-state index in [1.54, 1.807) is 10.8 Å². The minimum atomic E-state index is -0.241. The minimum Gasteiger partial charge on any atom is -0.393 e. The molecule has 2 aromatic heterocycles. The van der Waals surface area contributed by atoms with Gasteiger partial charge in [0.15, 0.2) is 0 Å². The molecule has 5 nitrogen and oxygen atoms in total. The number of rotatable bonds is 4. The molecule has 3 heterocycles. The number of piperidine rings is 1. The summed E-state index contributed by atoms with van der Waals surface area (Å²) in [5.41, 5.74) is 1.72. The highest BCUT2D eigenvalue weighted by atomic mass is 32.1. The Morgan fingerprint density at radius 2 is 2.18 bits per heavy atom. The van der Waals surface area contributed by atoms with E-state index in [2.05, 4.69) is 9.88 Å². The van der Waals surface area contributed by atoms with Gasteiger partial charge in [-0.3, -0.25) is 19.2 Å². The van der Waals surface area contributed by atoms with Gasteiger partial charge in [-0.15, -0.1) is 0 Å². The van der Waals surface area contributed by atoms with Crippen LogP contribution in [0.15, 0.2) is 34.6 Å². The highest BCUT2D eigenvalue weighted by Crippen LogP contribution is 2.22. The summed E-state index contributed by atoms with van der Waals surface area (Å²) >= 11 is 1.22. The van der Waals surface area contributed by atoms with Crippen LogP contribution in [0, 0.1) is 5.92 Å². The van der Waals surface area contributed by atoms with Crippen LogP contribution in [0.2, 0.25) is 0 Å². The van der Waals surface area contributed by atoms with Crippen molar-refractivity contribution in [3.8, 4) is 11.4 Å². The van der Waals surface area contributed by atoms with E-state index >= 15 is 0 Å². The summed E-state index contributed by atoms with van der Waals surface area (Å²) in [4.78, 5) is 18.8. The number of pyridine rings is 1. The maximum absolute atomic E-state index is 12.1. The molecule has 0 aromatic carbocycles. The number of hydrogen-bond donors (Lipinski definition) is 1. The van der Waals surface area contributed by atoms with Gasteiger partial charge in [-0.2, -0.15) is 0 Å². The Hall–Kier alpha value is -1.50. The molecule has 118 valence electrons. The number of thiazole rings is 1. The van der Waals surface area contributed by atoms with Crippen molar-refractivity contribution in [3.63, 3.8) is 0 Å². The van der Waals surface area contributed by atoms with E-state index in [-0.39, 0.29) is 11.0 Å². The molecule has 1 unspecified atom stereocenters. The summed E-state index contributed by atoms with van der Waals surface area (Å²) < 4.78 is 1.80. The van der Waals surface area contributed by atoms with Crippen LogP contribution in [-0.4, -0.2) is 38.8 Å². The fourth-order valence-electron chi connectivity index (χ4n) is 2.96. The van der Waals surface area contributed by atoms with Crippen LogP contribution in [0.1, 0.15) is 19.8 Å². The van der Waals surface area contributed by atoms with Crippen molar-refractivity contribution in [2.24, 2.45) is 5.92 Å². The smallest absolute Gasteiger partial charge is 0.308 e. The first-order chi connectivity index (χ1) is 10.6. The molecule has 0 spiro atoms. The van der Waals surface area contributed by atoms with Gasteiger partial charge in [0.1, 0.15) is 0 Å². The number of likely N-dealkylation sites (tertiary alicyclic amines) is 1. The second-order valence-corrected chi connectivity index (χ2v) is 6.69. The molecule has 0 saturated carbocycles. The Labute approximate surface area is 133 Å². The molecule has 6 heteroatoms. The first-order valence-electron chi connectivity index (χ1n) is 7.65. The van der Waals surface area contributed by atoms with Crippen molar-refractivity contribution in [2.45, 2.75) is 32.5 Å². The SMILES string of the molecule is CC(O)C1CCN(Cn2c(-c3ccccn3)csc2=O)CC1. The Morgan fingerprint density at radius 3 is 2.82 bits per heavy atom. The van der Waals surface area contributed by atoms with Crippen molar-refractivity contribution < 1.29 is 5.11 Å². The number of hydrogen-bond acceptors (Lipinski definition) is 5. The van der Waals surface area contributed by atoms with Crippen LogP contribution >= 0.6 is 11.3 Å². The van der Waals surface area contributed by atoms with E-state index in [9.17, 15) is 9.90 Å². The highest BCUT2D eigenvalue weighted by Gasteiger charge is 2.23. The first-order valence-corrected chi connectivity index (χ1v) is 8.53. The lowest BCUT2D eigenvalue weighted by atomic mass is 9.92. The predicted molar refractivity (Wildman–Crippen MR) is 87.8 cm³/mol. The van der Waals surface area contributed by atoms with Gasteiger partial charge in [0, 0.05) is 24.7 Å². The van der Waals surface area contributed by atoms with Crippen LogP contribution < -0.4 is 4.87 Å². The topological polar surface area (TPSA) is 58.4 Å². The highest BCUT2D eigenvalue weighted by molar-refractivity contribution is 7.07. The second kappa shape index (κ2) is 6.73. The Balaban J connectivity index is 1.74. The quantitative estimate of drug-likeness (QED) is 0.937. The molecule has 0 aliphatic carbocycles. The van der Waals surface area contributed by atoms with Gasteiger partial charge in [0.05, 0.1) is 24.2 Å². The molecule has 3 rings (SSSR count). The van der Waals surface area contributed by atoms with Gasteiger partial charge in [0.2, 0.25) is 0 Å². The van der Waals surface area contributed by atoms with Crippen LogP contribution in [0.25, 0.3) is 11.4 Å². The van der Waals surface area contributed by atoms with Crippen molar-refractivity contribution >= 4 is 11.3 Å². The molecule has 2 aromatic rings. The average Bonchev–Trinajstić information content (AvgIpc) is 2.90. The molecule has 1 N–H and O–H groups in total. The van der Waals surface area contributed by atoms with Crippen LogP contribution in [-0.2, 0) is 6.67 Å². The Morgan fingerprint density at radius 1 is 1.41 bits per heavy atom. The molecule has 0 amide bonds. The lowest BCUT2D eigenvalue weighted by Crippen LogP contribution is -2.39. The third kappa shape index (κ3) is 3.29. The third-order valence-corrected chi connectivity index (χ3v) is 5.13. The van der Waals surface area contributed by atoms with Gasteiger partial charge < -0.3 is 5.11 Å². The average molecular weight is 319 g/mol. The van der Waals surface area contributed by atoms with Crippen LogP contribution in [0.3, 0.4) is 0 Å². The third-order valence-electron chi connectivity index (χ3n) is 4.37. The molecule has 1 aliphatic rings. The van der Waals surface area contributed by atoms with Crippen molar-refractivity contribution in [3.05, 3.63) is 39.4 Å². The van der Waals surface area contributed by atoms with Crippen molar-refractivity contribution in [1.82, 2.24) is 14.5 Å². The molecule has 1 saturated heterocycles. The van der Waals surface area contributed by atoms with Crippen molar-refractivity contribution in [1.29, 1.82) is 0 Å². The number of nitrogens with zero attached hydrogens (tertiary/aromatic N) is 3. The van der Waals surface area contributed by atoms with E-state index in [1.165, 1.54) is 11.3 Å². The summed E-state index contributed by atoms with van der Waals surface area (Å²) in [5, 5.41) is 11.6. The number of aliphatic hydroxyl groups is 1. The Bertz CT molecular complexity index is 658. The molecule has 22 heavy (non-hydrogen) atoms. The molecule has 0 bridgehead atoms. The standard InChI is InChI=1S/C16H21N3O2S/c1-12(20)13-5-8-18(9-6-13)11-19-15(10-22-16(19)21)14-4-2-3-7-17-14/h2-4,7,10,12-13,20H,5-6,8-9,11H2,1H3. The molecule has 1 atom stereocenters. The summed E-state index contributed by atoms with van der Waals surface area (Å²) in [6.45, 7) is 4.29. The van der Waals surface area contributed by atoms with Gasteiger partial charge in [-0.25, -0.2) is 0 Å². The largest absolute Gasteiger partial charge is 0.393 e. The zero-order valence-electron chi connectivity index (χ0n) is 12.7. The predicted octanol–water partition coefficient (Wildman–Crippen LogP) is 2.02. The molecule has 1 aliphatic heterocycles. The van der Waals surface area contributed by atoms with E-state index in [4.69, 9.17) is 0 Å². The van der Waals surface area contributed by atoms with E-state index < -0.39 is 0 Å². The lowest BCUT2D eigenvalue weighted by molar-refractivity contribution is 0.0613. The summed E-state index contributed by atoms with van der Waals surface area (Å²) in [7, 11) is 0. The minimum absolute atomic E-state index is 0.0540. The maximum Gasteiger partial charge on any atom is 0.308 e.